The molecule has 5 heteroatoms. The molecular weight excluding hydrogens is 290 g/mol. The van der Waals surface area contributed by atoms with E-state index in [4.69, 9.17) is 9.47 Å². The summed E-state index contributed by atoms with van der Waals surface area (Å²) in [7, 11) is 3.72. The predicted octanol–water partition coefficient (Wildman–Crippen LogP) is 3.41. The maximum absolute atomic E-state index is 5.57. The van der Waals surface area contributed by atoms with Crippen LogP contribution in [-0.4, -0.2) is 43.6 Å². The first kappa shape index (κ1) is 17.4. The molecule has 1 unspecified atom stereocenters. The Kier molecular flexibility index (Phi) is 6.50. The molecule has 0 aliphatic rings. The quantitative estimate of drug-likeness (QED) is 0.552. The average Bonchev–Trinajstić information content (AvgIpc) is 2.59. The maximum atomic E-state index is 5.57. The maximum Gasteiger partial charge on any atom is 0.160 e. The van der Waals surface area contributed by atoms with Crippen molar-refractivity contribution in [3.05, 3.63) is 42.2 Å². The Balaban J connectivity index is 2.14. The van der Waals surface area contributed by atoms with Crippen LogP contribution < -0.4 is 4.90 Å². The fourth-order valence-electron chi connectivity index (χ4n) is 2.56. The average molecular weight is 315 g/mol. The van der Waals surface area contributed by atoms with Gasteiger partial charge in [-0.3, -0.25) is 0 Å². The van der Waals surface area contributed by atoms with Gasteiger partial charge in [0.05, 0.1) is 5.52 Å². The second kappa shape index (κ2) is 8.60. The number of methoxy groups -OCH3 is 1. The van der Waals surface area contributed by atoms with Crippen LogP contribution in [0.3, 0.4) is 0 Å². The fourth-order valence-corrected chi connectivity index (χ4v) is 2.56. The van der Waals surface area contributed by atoms with Crippen molar-refractivity contribution in [3.8, 4) is 0 Å². The number of allylic oxidation sites excluding steroid dienone is 1. The number of hydrogen-bond acceptors (Lipinski definition) is 5. The van der Waals surface area contributed by atoms with Crippen LogP contribution in [-0.2, 0) is 9.47 Å². The van der Waals surface area contributed by atoms with Crippen molar-refractivity contribution in [2.45, 2.75) is 26.6 Å². The molecule has 0 spiro atoms. The number of rotatable bonds is 8. The molecule has 0 N–H and O–H groups in total. The smallest absolute Gasteiger partial charge is 0.160 e. The number of ether oxygens (including phenoxy) is 2. The summed E-state index contributed by atoms with van der Waals surface area (Å²) < 4.78 is 10.9. The summed E-state index contributed by atoms with van der Waals surface area (Å²) in [4.78, 5) is 10.9. The summed E-state index contributed by atoms with van der Waals surface area (Å²) >= 11 is 0. The van der Waals surface area contributed by atoms with Crippen LogP contribution in [0.5, 0.6) is 0 Å². The molecule has 1 heterocycles. The zero-order valence-corrected chi connectivity index (χ0v) is 14.3. The molecule has 0 saturated carbocycles. The zero-order chi connectivity index (χ0) is 16.7. The van der Waals surface area contributed by atoms with Gasteiger partial charge >= 0.3 is 0 Å². The molecule has 124 valence electrons. The molecule has 1 aromatic heterocycles. The van der Waals surface area contributed by atoms with Gasteiger partial charge in [-0.25, -0.2) is 9.97 Å². The van der Waals surface area contributed by atoms with E-state index in [0.29, 0.717) is 6.61 Å². The van der Waals surface area contributed by atoms with Crippen LogP contribution >= 0.6 is 0 Å². The lowest BCUT2D eigenvalue weighted by atomic mass is 10.1. The lowest BCUT2D eigenvalue weighted by Crippen LogP contribution is -2.25. The third-order valence-electron chi connectivity index (χ3n) is 3.78. The SMILES string of the molecule is C/C=C(\CC(OC)OCC)CN(C)c1ncnc2ccccc12. The van der Waals surface area contributed by atoms with Crippen LogP contribution in [0.2, 0.25) is 0 Å². The highest BCUT2D eigenvalue weighted by Crippen LogP contribution is 2.23. The lowest BCUT2D eigenvalue weighted by molar-refractivity contribution is -0.118. The number of hydrogen-bond donors (Lipinski definition) is 0. The third kappa shape index (κ3) is 4.50. The molecule has 2 rings (SSSR count). The highest BCUT2D eigenvalue weighted by molar-refractivity contribution is 5.89. The first-order valence-corrected chi connectivity index (χ1v) is 7.88. The predicted molar refractivity (Wildman–Crippen MR) is 93.6 cm³/mol. The van der Waals surface area contributed by atoms with Crippen molar-refractivity contribution in [2.24, 2.45) is 0 Å². The van der Waals surface area contributed by atoms with E-state index in [2.05, 4.69) is 27.0 Å². The highest BCUT2D eigenvalue weighted by Gasteiger charge is 2.14. The van der Waals surface area contributed by atoms with Gasteiger partial charge in [0.1, 0.15) is 12.1 Å². The van der Waals surface area contributed by atoms with Crippen LogP contribution in [0, 0.1) is 0 Å². The van der Waals surface area contributed by atoms with Crippen LogP contribution in [0.25, 0.3) is 10.9 Å². The van der Waals surface area contributed by atoms with Gasteiger partial charge in [-0.2, -0.15) is 0 Å². The molecule has 0 aliphatic carbocycles. The van der Waals surface area contributed by atoms with E-state index in [9.17, 15) is 0 Å². The first-order chi connectivity index (χ1) is 11.2. The molecule has 0 amide bonds. The first-order valence-electron chi connectivity index (χ1n) is 7.88. The number of likely N-dealkylation sites (N-methyl/N-ethyl adjacent to an activating group) is 1. The Hall–Kier alpha value is -1.98. The molecule has 0 bridgehead atoms. The Labute approximate surface area is 137 Å². The molecule has 1 aromatic carbocycles. The van der Waals surface area contributed by atoms with Crippen molar-refractivity contribution in [2.75, 3.05) is 32.2 Å². The molecular formula is C18H25N3O2. The largest absolute Gasteiger partial charge is 0.356 e. The van der Waals surface area contributed by atoms with E-state index < -0.39 is 0 Å². The van der Waals surface area contributed by atoms with Crippen molar-refractivity contribution < 1.29 is 9.47 Å². The molecule has 0 aliphatic heterocycles. The number of benzene rings is 1. The number of aromatic nitrogens is 2. The summed E-state index contributed by atoms with van der Waals surface area (Å²) in [6.07, 6.45) is 4.27. The summed E-state index contributed by atoms with van der Waals surface area (Å²) in [5, 5.41) is 1.06. The fraction of sp³-hybridized carbons (Fsp3) is 0.444. The number of para-hydroxylation sites is 1. The van der Waals surface area contributed by atoms with Crippen molar-refractivity contribution in [3.63, 3.8) is 0 Å². The van der Waals surface area contributed by atoms with Crippen molar-refractivity contribution >= 4 is 16.7 Å². The molecule has 23 heavy (non-hydrogen) atoms. The van der Waals surface area contributed by atoms with Gasteiger partial charge in [-0.05, 0) is 26.0 Å². The Morgan fingerprint density at radius 3 is 2.78 bits per heavy atom. The van der Waals surface area contributed by atoms with E-state index >= 15 is 0 Å². The second-order valence-electron chi connectivity index (χ2n) is 5.34. The van der Waals surface area contributed by atoms with Gasteiger partial charge in [0, 0.05) is 39.1 Å². The molecule has 0 fully saturated rings. The van der Waals surface area contributed by atoms with E-state index in [0.717, 1.165) is 29.7 Å². The molecule has 0 saturated heterocycles. The highest BCUT2D eigenvalue weighted by atomic mass is 16.7. The van der Waals surface area contributed by atoms with Crippen LogP contribution in [0.1, 0.15) is 20.3 Å². The number of nitrogens with zero attached hydrogens (tertiary/aromatic N) is 3. The standard InChI is InChI=1S/C18H25N3O2/c1-5-14(11-17(22-4)23-6-2)12-21(3)18-15-9-7-8-10-16(15)19-13-20-18/h5,7-10,13,17H,6,11-12H2,1-4H3/b14-5+. The monoisotopic (exact) mass is 315 g/mol. The minimum atomic E-state index is -0.207. The van der Waals surface area contributed by atoms with Gasteiger partial charge in [-0.15, -0.1) is 0 Å². The van der Waals surface area contributed by atoms with Crippen molar-refractivity contribution in [1.29, 1.82) is 0 Å². The van der Waals surface area contributed by atoms with E-state index in [-0.39, 0.29) is 6.29 Å². The Morgan fingerprint density at radius 1 is 1.30 bits per heavy atom. The topological polar surface area (TPSA) is 47.5 Å². The lowest BCUT2D eigenvalue weighted by Gasteiger charge is -2.23. The van der Waals surface area contributed by atoms with E-state index in [1.807, 2.05) is 39.1 Å². The van der Waals surface area contributed by atoms with Crippen molar-refractivity contribution in [1.82, 2.24) is 9.97 Å². The summed E-state index contributed by atoms with van der Waals surface area (Å²) in [6.45, 7) is 5.42. The molecule has 2 aromatic rings. The van der Waals surface area contributed by atoms with Gasteiger partial charge < -0.3 is 14.4 Å². The summed E-state index contributed by atoms with van der Waals surface area (Å²) in [6, 6.07) is 8.05. The summed E-state index contributed by atoms with van der Waals surface area (Å²) in [5.41, 5.74) is 2.20. The van der Waals surface area contributed by atoms with Crippen LogP contribution in [0.15, 0.2) is 42.2 Å². The Bertz CT molecular complexity index is 652. The number of anilines is 1. The minimum absolute atomic E-state index is 0.207. The third-order valence-corrected chi connectivity index (χ3v) is 3.78. The van der Waals surface area contributed by atoms with E-state index in [1.54, 1.807) is 13.4 Å². The molecule has 1 atom stereocenters. The number of fused-ring (bicyclic) bond motifs is 1. The summed E-state index contributed by atoms with van der Waals surface area (Å²) in [5.74, 6) is 0.931. The molecule has 0 radical (unpaired) electrons. The molecule has 5 nitrogen and oxygen atoms in total. The van der Waals surface area contributed by atoms with Gasteiger partial charge in [-0.1, -0.05) is 23.8 Å². The second-order valence-corrected chi connectivity index (χ2v) is 5.34. The van der Waals surface area contributed by atoms with Gasteiger partial charge in [0.2, 0.25) is 0 Å². The van der Waals surface area contributed by atoms with Gasteiger partial charge in [0.15, 0.2) is 6.29 Å². The van der Waals surface area contributed by atoms with Gasteiger partial charge in [0.25, 0.3) is 0 Å². The van der Waals surface area contributed by atoms with E-state index in [1.165, 1.54) is 5.57 Å². The Morgan fingerprint density at radius 2 is 2.09 bits per heavy atom. The van der Waals surface area contributed by atoms with Crippen LogP contribution in [0.4, 0.5) is 5.82 Å². The zero-order valence-electron chi connectivity index (χ0n) is 14.3. The minimum Gasteiger partial charge on any atom is -0.356 e. The normalized spacial score (nSPS) is 13.3.